The maximum atomic E-state index is 13.4. The van der Waals surface area contributed by atoms with Crippen LogP contribution in [-0.4, -0.2) is 83.6 Å². The number of aromatic nitrogens is 9. The first-order valence-electron chi connectivity index (χ1n) is 20.6. The zero-order valence-corrected chi connectivity index (χ0v) is 33.9. The Kier molecular flexibility index (Phi) is 12.1. The third kappa shape index (κ3) is 9.06. The molecule has 0 radical (unpaired) electrons. The Labute approximate surface area is 343 Å². The number of hydrogen-bond donors (Lipinski definition) is 0. The van der Waals surface area contributed by atoms with E-state index in [1.54, 1.807) is 11.0 Å². The zero-order valence-electron chi connectivity index (χ0n) is 33.9. The number of piperazine rings is 1. The monoisotopic (exact) mass is 796 g/mol. The van der Waals surface area contributed by atoms with Crippen molar-refractivity contribution >= 4 is 23.2 Å². The number of rotatable bonds is 10. The second kappa shape index (κ2) is 18.1. The van der Waals surface area contributed by atoms with E-state index in [9.17, 15) is 8.78 Å². The van der Waals surface area contributed by atoms with Gasteiger partial charge in [0.05, 0.1) is 6.20 Å². The van der Waals surface area contributed by atoms with E-state index in [0.717, 1.165) is 109 Å². The molecular weight excluding hydrogens is 747 g/mol. The van der Waals surface area contributed by atoms with Gasteiger partial charge in [0.1, 0.15) is 23.5 Å². The minimum atomic E-state index is -0.224. The summed E-state index contributed by atoms with van der Waals surface area (Å²) in [5, 5.41) is 8.69. The Hall–Kier alpha value is -6.31. The zero-order chi connectivity index (χ0) is 40.7. The molecule has 12 nitrogen and oxygen atoms in total. The van der Waals surface area contributed by atoms with Crippen molar-refractivity contribution in [3.05, 3.63) is 138 Å². The van der Waals surface area contributed by atoms with Crippen molar-refractivity contribution < 1.29 is 8.78 Å². The summed E-state index contributed by atoms with van der Waals surface area (Å²) in [7, 11) is 1.91. The molecule has 7 heterocycles. The first-order chi connectivity index (χ1) is 28.9. The van der Waals surface area contributed by atoms with E-state index in [0.29, 0.717) is 0 Å². The molecule has 2 atom stereocenters. The van der Waals surface area contributed by atoms with Crippen LogP contribution in [0.15, 0.2) is 104 Å². The number of piperidine rings is 1. The van der Waals surface area contributed by atoms with E-state index in [4.69, 9.17) is 0 Å². The van der Waals surface area contributed by atoms with Crippen LogP contribution >= 0.6 is 0 Å². The molecule has 5 aromatic heterocycles. The van der Waals surface area contributed by atoms with Crippen molar-refractivity contribution in [1.29, 1.82) is 0 Å². The molecule has 2 aliphatic rings. The Morgan fingerprint density at radius 3 is 1.54 bits per heavy atom. The predicted molar refractivity (Wildman–Crippen MR) is 227 cm³/mol. The lowest BCUT2D eigenvalue weighted by atomic mass is 9.91. The normalized spacial score (nSPS) is 15.5. The minimum absolute atomic E-state index is 0.144. The van der Waals surface area contributed by atoms with Crippen LogP contribution in [0.1, 0.15) is 80.0 Å². The highest BCUT2D eigenvalue weighted by Gasteiger charge is 2.23. The summed E-state index contributed by atoms with van der Waals surface area (Å²) in [6.45, 7) is 9.55. The molecule has 9 rings (SSSR count). The first-order valence-corrected chi connectivity index (χ1v) is 20.6. The third-order valence-corrected chi connectivity index (χ3v) is 11.4. The fourth-order valence-electron chi connectivity index (χ4n) is 8.17. The molecule has 0 amide bonds. The molecule has 0 unspecified atom stereocenters. The minimum Gasteiger partial charge on any atom is -0.351 e. The van der Waals surface area contributed by atoms with Crippen LogP contribution in [0.25, 0.3) is 16.6 Å². The van der Waals surface area contributed by atoms with Crippen LogP contribution in [0.2, 0.25) is 0 Å². The second-order valence-corrected chi connectivity index (χ2v) is 15.2. The smallest absolute Gasteiger partial charge is 0.225 e. The summed E-state index contributed by atoms with van der Waals surface area (Å²) < 4.78 is 30.1. The van der Waals surface area contributed by atoms with E-state index in [1.807, 2.05) is 79.2 Å². The lowest BCUT2D eigenvalue weighted by Gasteiger charge is -2.35. The molecule has 2 saturated heterocycles. The van der Waals surface area contributed by atoms with Crippen LogP contribution < -0.4 is 14.7 Å². The molecule has 0 spiro atoms. The van der Waals surface area contributed by atoms with Gasteiger partial charge in [-0.15, -0.1) is 0 Å². The third-order valence-electron chi connectivity index (χ3n) is 11.4. The highest BCUT2D eigenvalue weighted by molar-refractivity contribution is 5.77. The molecular formula is C45H50F2N12. The number of nitrogens with zero attached hydrogens (tertiary/aromatic N) is 12. The van der Waals surface area contributed by atoms with Gasteiger partial charge in [0.25, 0.3) is 0 Å². The van der Waals surface area contributed by atoms with Gasteiger partial charge in [0, 0.05) is 106 Å². The Morgan fingerprint density at radius 2 is 1.05 bits per heavy atom. The predicted octanol–water partition coefficient (Wildman–Crippen LogP) is 8.08. The Morgan fingerprint density at radius 1 is 0.542 bits per heavy atom. The summed E-state index contributed by atoms with van der Waals surface area (Å²) in [6.07, 6.45) is 20.7. The second-order valence-electron chi connectivity index (χ2n) is 15.2. The van der Waals surface area contributed by atoms with E-state index in [-0.39, 0.29) is 23.5 Å². The molecule has 0 bridgehead atoms. The van der Waals surface area contributed by atoms with Gasteiger partial charge in [0.15, 0.2) is 5.82 Å². The van der Waals surface area contributed by atoms with Crippen molar-refractivity contribution in [3.63, 3.8) is 0 Å². The molecule has 0 saturated carbocycles. The van der Waals surface area contributed by atoms with Crippen LogP contribution in [0.3, 0.4) is 0 Å². The Bertz CT molecular complexity index is 2400. The SMILES string of the molecule is CC[C@@H](c1ccc(F)cc1)c1cnc(N2CCCCC2)nc1.CC[C@@H](c1ccc(F)cc1)c1cnc(N2CCN(c3ncnn4cc(-c5cnn(C)c5)cc34)CC2)nc1. The maximum absolute atomic E-state index is 13.4. The van der Waals surface area contributed by atoms with E-state index >= 15 is 0 Å². The van der Waals surface area contributed by atoms with Crippen LogP contribution in [0.4, 0.5) is 26.5 Å². The van der Waals surface area contributed by atoms with Crippen molar-refractivity contribution in [2.24, 2.45) is 7.05 Å². The molecule has 304 valence electrons. The number of anilines is 3. The molecule has 14 heteroatoms. The van der Waals surface area contributed by atoms with Crippen molar-refractivity contribution in [3.8, 4) is 11.1 Å². The number of hydrogen-bond acceptors (Lipinski definition) is 10. The largest absolute Gasteiger partial charge is 0.351 e. The fourth-order valence-corrected chi connectivity index (χ4v) is 8.17. The first kappa shape index (κ1) is 39.5. The van der Waals surface area contributed by atoms with Gasteiger partial charge >= 0.3 is 0 Å². The maximum Gasteiger partial charge on any atom is 0.225 e. The summed E-state index contributed by atoms with van der Waals surface area (Å²) in [5.41, 5.74) is 7.40. The Balaban J connectivity index is 0.000000188. The quantitative estimate of drug-likeness (QED) is 0.135. The molecule has 59 heavy (non-hydrogen) atoms. The summed E-state index contributed by atoms with van der Waals surface area (Å²) >= 11 is 0. The lowest BCUT2D eigenvalue weighted by molar-refractivity contribution is 0.567. The van der Waals surface area contributed by atoms with E-state index < -0.39 is 0 Å². The molecule has 2 aliphatic heterocycles. The van der Waals surface area contributed by atoms with Crippen LogP contribution in [0.5, 0.6) is 0 Å². The summed E-state index contributed by atoms with van der Waals surface area (Å²) in [4.78, 5) is 29.8. The van der Waals surface area contributed by atoms with Gasteiger partial charge in [-0.05, 0) is 84.7 Å². The van der Waals surface area contributed by atoms with Gasteiger partial charge < -0.3 is 14.7 Å². The number of halogens is 2. The molecule has 2 fully saturated rings. The average molecular weight is 797 g/mol. The van der Waals surface area contributed by atoms with Gasteiger partial charge in [-0.25, -0.2) is 38.2 Å². The van der Waals surface area contributed by atoms with Gasteiger partial charge in [0.2, 0.25) is 11.9 Å². The molecule has 2 aromatic carbocycles. The lowest BCUT2D eigenvalue weighted by Crippen LogP contribution is -2.47. The van der Waals surface area contributed by atoms with Crippen molar-refractivity contribution in [1.82, 2.24) is 44.3 Å². The standard InChI is InChI=1S/C27H28FN9.C18H22FN3/c1-3-24(19-4-6-23(28)7-5-19)21-13-29-27(30-14-21)36-10-8-35(9-11-36)26-25-12-20(17-37(25)33-18-31-26)22-15-32-34(2)16-22;1-2-17(14-6-8-16(19)9-7-14)15-12-20-18(21-13-15)22-10-4-3-5-11-22/h4-7,12-18,24H,3,8-11H2,1-2H3;6-9,12-13,17H,2-5,10-11H2,1H3/t24-;17-/m00/s1. The van der Waals surface area contributed by atoms with Crippen LogP contribution in [-0.2, 0) is 7.05 Å². The summed E-state index contributed by atoms with van der Waals surface area (Å²) in [5.74, 6) is 2.42. The number of benzene rings is 2. The number of fused-ring (bicyclic) bond motifs is 1. The van der Waals surface area contributed by atoms with Crippen molar-refractivity contribution in [2.45, 2.75) is 57.8 Å². The average Bonchev–Trinajstić information content (AvgIpc) is 3.93. The van der Waals surface area contributed by atoms with Crippen molar-refractivity contribution in [2.75, 3.05) is 54.0 Å². The molecule has 0 aliphatic carbocycles. The summed E-state index contributed by atoms with van der Waals surface area (Å²) in [6, 6.07) is 15.5. The van der Waals surface area contributed by atoms with Gasteiger partial charge in [-0.3, -0.25) is 4.68 Å². The van der Waals surface area contributed by atoms with Gasteiger partial charge in [-0.1, -0.05) is 38.1 Å². The highest BCUT2D eigenvalue weighted by atomic mass is 19.1. The van der Waals surface area contributed by atoms with Gasteiger partial charge in [-0.2, -0.15) is 10.2 Å². The van der Waals surface area contributed by atoms with E-state index in [2.05, 4.69) is 69.7 Å². The van der Waals surface area contributed by atoms with E-state index in [1.165, 1.54) is 43.5 Å². The molecule has 0 N–H and O–H groups in total. The fraction of sp³-hybridized carbons (Fsp3) is 0.356. The topological polar surface area (TPSA) is 109 Å². The molecule has 7 aromatic rings. The van der Waals surface area contributed by atoms with Crippen LogP contribution in [0, 0.1) is 11.6 Å². The highest BCUT2D eigenvalue weighted by Crippen LogP contribution is 2.31. The number of aryl methyl sites for hydroxylation is 1.